The zero-order chi connectivity index (χ0) is 14.7. The van der Waals surface area contributed by atoms with Gasteiger partial charge >= 0.3 is 5.97 Å². The smallest absolute Gasteiger partial charge is 0.312 e. The normalized spacial score (nSPS) is 15.6. The highest BCUT2D eigenvalue weighted by Crippen LogP contribution is 2.25. The Bertz CT molecular complexity index is 715. The molecular formula is C16H12ClNO2S. The second-order valence-corrected chi connectivity index (χ2v) is 5.94. The van der Waals surface area contributed by atoms with Crippen molar-refractivity contribution in [2.24, 2.45) is 5.16 Å². The maximum absolute atomic E-state index is 12.0. The molecule has 0 unspecified atom stereocenters. The summed E-state index contributed by atoms with van der Waals surface area (Å²) in [6.45, 7) is 0. The number of carbonyl (C=O) groups is 1. The standard InChI is InChI=1S/C16H12ClNO2S/c17-14-8-4-3-7-13(14)16(19)20-18-15-10-21-9-11-5-1-2-6-12(11)15/h1-8H,9-10H2. The van der Waals surface area contributed by atoms with Crippen molar-refractivity contribution in [3.05, 3.63) is 70.2 Å². The van der Waals surface area contributed by atoms with E-state index in [9.17, 15) is 4.79 Å². The van der Waals surface area contributed by atoms with Crippen LogP contribution in [0.4, 0.5) is 0 Å². The molecule has 0 saturated carbocycles. The Morgan fingerprint density at radius 3 is 2.71 bits per heavy atom. The van der Waals surface area contributed by atoms with Crippen LogP contribution in [0.25, 0.3) is 0 Å². The van der Waals surface area contributed by atoms with Crippen molar-refractivity contribution in [3.8, 4) is 0 Å². The molecule has 0 fully saturated rings. The van der Waals surface area contributed by atoms with E-state index in [2.05, 4.69) is 11.2 Å². The van der Waals surface area contributed by atoms with Gasteiger partial charge in [-0.05, 0) is 17.7 Å². The minimum absolute atomic E-state index is 0.320. The molecule has 0 bridgehead atoms. The minimum atomic E-state index is -0.541. The van der Waals surface area contributed by atoms with Gasteiger partial charge in [-0.2, -0.15) is 11.8 Å². The Labute approximate surface area is 131 Å². The molecule has 21 heavy (non-hydrogen) atoms. The first kappa shape index (κ1) is 14.2. The molecular weight excluding hydrogens is 306 g/mol. The number of thioether (sulfide) groups is 1. The summed E-state index contributed by atoms with van der Waals surface area (Å²) < 4.78 is 0. The van der Waals surface area contributed by atoms with Crippen LogP contribution in [0.3, 0.4) is 0 Å². The molecule has 3 rings (SSSR count). The molecule has 1 aliphatic rings. The first-order valence-electron chi connectivity index (χ1n) is 6.44. The highest BCUT2D eigenvalue weighted by Gasteiger charge is 2.17. The van der Waals surface area contributed by atoms with Gasteiger partial charge in [0.1, 0.15) is 0 Å². The number of nitrogens with zero attached hydrogens (tertiary/aromatic N) is 1. The number of hydrogen-bond acceptors (Lipinski definition) is 4. The van der Waals surface area contributed by atoms with Crippen LogP contribution in [-0.4, -0.2) is 17.4 Å². The first-order chi connectivity index (χ1) is 10.3. The second-order valence-electron chi connectivity index (χ2n) is 4.55. The minimum Gasteiger partial charge on any atom is -0.312 e. The van der Waals surface area contributed by atoms with Crippen LogP contribution in [0.2, 0.25) is 5.02 Å². The number of rotatable bonds is 2. The van der Waals surface area contributed by atoms with Gasteiger partial charge in [0, 0.05) is 17.1 Å². The topological polar surface area (TPSA) is 38.7 Å². The summed E-state index contributed by atoms with van der Waals surface area (Å²) in [6, 6.07) is 14.8. The van der Waals surface area contributed by atoms with E-state index in [0.717, 1.165) is 22.8 Å². The van der Waals surface area contributed by atoms with E-state index in [1.54, 1.807) is 36.0 Å². The summed E-state index contributed by atoms with van der Waals surface area (Å²) in [5.41, 5.74) is 3.35. The maximum atomic E-state index is 12.0. The van der Waals surface area contributed by atoms with Crippen molar-refractivity contribution in [2.75, 3.05) is 5.75 Å². The fraction of sp³-hybridized carbons (Fsp3) is 0.125. The Balaban J connectivity index is 1.82. The number of halogens is 1. The van der Waals surface area contributed by atoms with E-state index >= 15 is 0 Å². The number of fused-ring (bicyclic) bond motifs is 1. The van der Waals surface area contributed by atoms with E-state index in [1.165, 1.54) is 5.56 Å². The quantitative estimate of drug-likeness (QED) is 0.617. The molecule has 106 valence electrons. The second kappa shape index (κ2) is 6.33. The zero-order valence-electron chi connectivity index (χ0n) is 11.1. The average Bonchev–Trinajstić information content (AvgIpc) is 2.53. The first-order valence-corrected chi connectivity index (χ1v) is 7.98. The van der Waals surface area contributed by atoms with Crippen molar-refractivity contribution in [2.45, 2.75) is 5.75 Å². The van der Waals surface area contributed by atoms with Crippen molar-refractivity contribution in [1.29, 1.82) is 0 Å². The van der Waals surface area contributed by atoms with E-state index in [1.807, 2.05) is 18.2 Å². The summed E-state index contributed by atoms with van der Waals surface area (Å²) in [5.74, 6) is 1.14. The fourth-order valence-electron chi connectivity index (χ4n) is 2.11. The zero-order valence-corrected chi connectivity index (χ0v) is 12.7. The Hall–Kier alpha value is -1.78. The third-order valence-electron chi connectivity index (χ3n) is 3.16. The predicted octanol–water partition coefficient (Wildman–Crippen LogP) is 4.15. The van der Waals surface area contributed by atoms with Crippen LogP contribution in [0, 0.1) is 0 Å². The Morgan fingerprint density at radius 2 is 1.86 bits per heavy atom. The number of carbonyl (C=O) groups excluding carboxylic acids is 1. The van der Waals surface area contributed by atoms with E-state index in [-0.39, 0.29) is 0 Å². The molecule has 1 heterocycles. The molecule has 3 nitrogen and oxygen atoms in total. The summed E-state index contributed by atoms with van der Waals surface area (Å²) in [6.07, 6.45) is 0. The van der Waals surface area contributed by atoms with Gasteiger partial charge < -0.3 is 4.84 Å². The van der Waals surface area contributed by atoms with Gasteiger partial charge in [-0.15, -0.1) is 0 Å². The summed E-state index contributed by atoms with van der Waals surface area (Å²) in [5, 5.41) is 4.39. The number of oxime groups is 1. The van der Waals surface area contributed by atoms with Crippen molar-refractivity contribution in [3.63, 3.8) is 0 Å². The maximum Gasteiger partial charge on any atom is 0.367 e. The Morgan fingerprint density at radius 1 is 1.10 bits per heavy atom. The van der Waals surface area contributed by atoms with Crippen LogP contribution in [0.15, 0.2) is 53.7 Å². The SMILES string of the molecule is O=C(ON=C1CSCc2ccccc21)c1ccccc1Cl. The van der Waals surface area contributed by atoms with Crippen molar-refractivity contribution >= 4 is 35.0 Å². The van der Waals surface area contributed by atoms with Crippen LogP contribution in [0.5, 0.6) is 0 Å². The van der Waals surface area contributed by atoms with E-state index in [4.69, 9.17) is 16.4 Å². The molecule has 1 aliphatic heterocycles. The third kappa shape index (κ3) is 3.12. The Kier molecular flexibility index (Phi) is 4.27. The molecule has 0 aromatic heterocycles. The van der Waals surface area contributed by atoms with Gasteiger partial charge in [-0.1, -0.05) is 53.2 Å². The van der Waals surface area contributed by atoms with Gasteiger partial charge in [-0.3, -0.25) is 0 Å². The van der Waals surface area contributed by atoms with Crippen LogP contribution >= 0.6 is 23.4 Å². The van der Waals surface area contributed by atoms with Gasteiger partial charge in [0.2, 0.25) is 0 Å². The molecule has 0 aliphatic carbocycles. The third-order valence-corrected chi connectivity index (χ3v) is 4.48. The lowest BCUT2D eigenvalue weighted by molar-refractivity contribution is 0.0516. The molecule has 2 aromatic carbocycles. The predicted molar refractivity (Wildman–Crippen MR) is 86.0 cm³/mol. The lowest BCUT2D eigenvalue weighted by Crippen LogP contribution is -2.14. The molecule has 5 heteroatoms. The van der Waals surface area contributed by atoms with Crippen molar-refractivity contribution in [1.82, 2.24) is 0 Å². The van der Waals surface area contributed by atoms with Gasteiger partial charge in [0.05, 0.1) is 16.3 Å². The van der Waals surface area contributed by atoms with Gasteiger partial charge in [-0.25, -0.2) is 4.79 Å². The number of hydrogen-bond donors (Lipinski definition) is 0. The monoisotopic (exact) mass is 317 g/mol. The summed E-state index contributed by atoms with van der Waals surface area (Å²) in [4.78, 5) is 17.1. The van der Waals surface area contributed by atoms with E-state index < -0.39 is 5.97 Å². The lowest BCUT2D eigenvalue weighted by atomic mass is 10.1. The van der Waals surface area contributed by atoms with Crippen molar-refractivity contribution < 1.29 is 9.63 Å². The number of benzene rings is 2. The highest BCUT2D eigenvalue weighted by molar-refractivity contribution is 7.99. The highest BCUT2D eigenvalue weighted by atomic mass is 35.5. The average molecular weight is 318 g/mol. The largest absolute Gasteiger partial charge is 0.367 e. The molecule has 0 amide bonds. The van der Waals surface area contributed by atoms with Crippen LogP contribution in [0.1, 0.15) is 21.5 Å². The molecule has 0 N–H and O–H groups in total. The molecule has 0 spiro atoms. The molecule has 0 saturated heterocycles. The molecule has 2 aromatic rings. The molecule has 0 radical (unpaired) electrons. The van der Waals surface area contributed by atoms with Gasteiger partial charge in [0.25, 0.3) is 0 Å². The van der Waals surface area contributed by atoms with E-state index in [0.29, 0.717) is 10.6 Å². The van der Waals surface area contributed by atoms with Gasteiger partial charge in [0.15, 0.2) is 0 Å². The summed E-state index contributed by atoms with van der Waals surface area (Å²) in [7, 11) is 0. The van der Waals surface area contributed by atoms with Crippen LogP contribution < -0.4 is 0 Å². The fourth-order valence-corrected chi connectivity index (χ4v) is 3.30. The van der Waals surface area contributed by atoms with Crippen LogP contribution in [-0.2, 0) is 10.6 Å². The summed E-state index contributed by atoms with van der Waals surface area (Å²) >= 11 is 7.72. The molecule has 0 atom stereocenters. The lowest BCUT2D eigenvalue weighted by Gasteiger charge is -2.16.